The number of hydrogen-bond acceptors (Lipinski definition) is 4. The van der Waals surface area contributed by atoms with E-state index in [4.69, 9.17) is 0 Å². The lowest BCUT2D eigenvalue weighted by Crippen LogP contribution is -2.42. The maximum absolute atomic E-state index is 12.5. The predicted octanol–water partition coefficient (Wildman–Crippen LogP) is 4.16. The minimum Gasteiger partial charge on any atom is -0.392 e. The van der Waals surface area contributed by atoms with Crippen LogP contribution in [0.2, 0.25) is 0 Å². The van der Waals surface area contributed by atoms with Crippen LogP contribution in [-0.2, 0) is 17.8 Å². The van der Waals surface area contributed by atoms with Gasteiger partial charge in [0.15, 0.2) is 0 Å². The highest BCUT2D eigenvalue weighted by atomic mass is 16.3. The molecular weight excluding hydrogens is 326 g/mol. The Balaban J connectivity index is 1.73. The summed E-state index contributed by atoms with van der Waals surface area (Å²) < 4.78 is 0. The first-order chi connectivity index (χ1) is 12.5. The summed E-state index contributed by atoms with van der Waals surface area (Å²) in [6.07, 6.45) is 6.00. The van der Waals surface area contributed by atoms with Crippen LogP contribution < -0.4 is 0 Å². The lowest BCUT2D eigenvalue weighted by atomic mass is 9.55. The highest BCUT2D eigenvalue weighted by Crippen LogP contribution is 2.60. The van der Waals surface area contributed by atoms with Gasteiger partial charge in [0.2, 0.25) is 0 Å². The maximum atomic E-state index is 12.5. The Morgan fingerprint density at radius 2 is 2.04 bits per heavy atom. The Morgan fingerprint density at radius 3 is 2.77 bits per heavy atom. The Bertz CT molecular complexity index is 758. The number of aliphatic hydroxyl groups excluding tert-OH is 1. The molecule has 0 aliphatic heterocycles. The Hall–Kier alpha value is -1.75. The van der Waals surface area contributed by atoms with Crippen LogP contribution in [0.15, 0.2) is 22.5 Å². The first kappa shape index (κ1) is 17.7. The number of rotatable bonds is 3. The Morgan fingerprint density at radius 1 is 1.23 bits per heavy atom. The molecule has 1 N–H and O–H groups in total. The summed E-state index contributed by atoms with van der Waals surface area (Å²) in [5.41, 5.74) is 4.26. The predicted molar refractivity (Wildman–Crippen MR) is 100 cm³/mol. The van der Waals surface area contributed by atoms with Gasteiger partial charge in [-0.3, -0.25) is 9.80 Å². The molecule has 1 aromatic rings. The van der Waals surface area contributed by atoms with Crippen LogP contribution in [-0.4, -0.2) is 30.0 Å². The lowest BCUT2D eigenvalue weighted by molar-refractivity contribution is -0.129. The zero-order valence-corrected chi connectivity index (χ0v) is 16.0. The van der Waals surface area contributed by atoms with Gasteiger partial charge < -0.3 is 5.11 Å². The molecule has 0 amide bonds. The molecule has 0 bridgehead atoms. The van der Waals surface area contributed by atoms with E-state index in [1.807, 2.05) is 20.2 Å². The van der Waals surface area contributed by atoms with Crippen molar-refractivity contribution in [1.82, 2.24) is 5.01 Å². The summed E-state index contributed by atoms with van der Waals surface area (Å²) in [5.74, 6) is 2.14. The van der Waals surface area contributed by atoms with Gasteiger partial charge in [0.25, 0.3) is 0 Å². The fourth-order valence-electron chi connectivity index (χ4n) is 5.86. The molecule has 0 spiro atoms. The van der Waals surface area contributed by atoms with Crippen LogP contribution in [0.5, 0.6) is 0 Å². The molecule has 0 saturated heterocycles. The van der Waals surface area contributed by atoms with E-state index in [0.29, 0.717) is 23.5 Å². The van der Waals surface area contributed by atoms with Crippen molar-refractivity contribution in [3.8, 4) is 0 Å². The van der Waals surface area contributed by atoms with Crippen molar-refractivity contribution < 1.29 is 9.90 Å². The minimum atomic E-state index is -0.0861. The lowest BCUT2D eigenvalue weighted by Gasteiger charge is -2.48. The summed E-state index contributed by atoms with van der Waals surface area (Å²) in [6, 6.07) is 4.21. The van der Waals surface area contributed by atoms with Crippen molar-refractivity contribution in [2.45, 2.75) is 58.0 Å². The van der Waals surface area contributed by atoms with Gasteiger partial charge >= 0.3 is 0 Å². The van der Waals surface area contributed by atoms with Crippen LogP contribution in [0.1, 0.15) is 61.6 Å². The van der Waals surface area contributed by atoms with Gasteiger partial charge in [-0.25, -0.2) is 0 Å². The summed E-state index contributed by atoms with van der Waals surface area (Å²) in [5, 5.41) is 20.1. The second-order valence-corrected chi connectivity index (χ2v) is 8.67. The summed E-state index contributed by atoms with van der Waals surface area (Å²) in [7, 11) is 3.71. The van der Waals surface area contributed by atoms with Crippen molar-refractivity contribution in [1.29, 1.82) is 0 Å². The normalized spacial score (nSPS) is 33.1. The van der Waals surface area contributed by atoms with E-state index in [1.54, 1.807) is 5.01 Å². The van der Waals surface area contributed by atoms with Crippen molar-refractivity contribution in [2.75, 3.05) is 14.1 Å². The standard InChI is InChI=1S/C21H29N3O2/c1-21-11-10-15-14-5-4-13(12-25)20(22-23-24(2)3)17(14)7-6-16(15)18(21)8-9-19(21)26/h4-5,15-16,18,25H,6-12H2,1-3H3. The van der Waals surface area contributed by atoms with Gasteiger partial charge in [0.1, 0.15) is 5.78 Å². The van der Waals surface area contributed by atoms with Crippen LogP contribution in [0.4, 0.5) is 5.69 Å². The Kier molecular flexibility index (Phi) is 4.38. The van der Waals surface area contributed by atoms with Gasteiger partial charge in [-0.2, -0.15) is 0 Å². The first-order valence-corrected chi connectivity index (χ1v) is 9.83. The van der Waals surface area contributed by atoms with Crippen molar-refractivity contribution >= 4 is 11.5 Å². The highest BCUT2D eigenvalue weighted by molar-refractivity contribution is 5.87. The molecule has 4 rings (SSSR count). The van der Waals surface area contributed by atoms with Crippen LogP contribution in [0, 0.1) is 17.3 Å². The van der Waals surface area contributed by atoms with Gasteiger partial charge in [0.05, 0.1) is 12.3 Å². The fraction of sp³-hybridized carbons (Fsp3) is 0.667. The zero-order valence-electron chi connectivity index (χ0n) is 16.0. The van der Waals surface area contributed by atoms with Crippen LogP contribution in [0.3, 0.4) is 0 Å². The van der Waals surface area contributed by atoms with Crippen molar-refractivity contribution in [3.05, 3.63) is 28.8 Å². The number of carbonyl (C=O) groups is 1. The number of Topliss-reactive ketones (excluding diaryl/α,β-unsaturated/α-hetero) is 1. The molecule has 2 saturated carbocycles. The molecular formula is C21H29N3O2. The third-order valence-corrected chi connectivity index (χ3v) is 7.17. The third-order valence-electron chi connectivity index (χ3n) is 7.17. The molecule has 2 fully saturated rings. The number of nitrogens with zero attached hydrogens (tertiary/aromatic N) is 3. The molecule has 4 unspecified atom stereocenters. The number of benzene rings is 1. The third kappa shape index (κ3) is 2.59. The maximum Gasteiger partial charge on any atom is 0.139 e. The van der Waals surface area contributed by atoms with Gasteiger partial charge in [-0.1, -0.05) is 24.3 Å². The molecule has 3 aliphatic rings. The van der Waals surface area contributed by atoms with Gasteiger partial charge in [-0.05, 0) is 61.0 Å². The SMILES string of the molecule is CN(C)N=Nc1c(CO)ccc2c1CCC1C2CCC2(C)C(=O)CCC12. The average Bonchev–Trinajstić information content (AvgIpc) is 2.94. The van der Waals surface area contributed by atoms with E-state index in [2.05, 4.69) is 23.3 Å². The largest absolute Gasteiger partial charge is 0.392 e. The van der Waals surface area contributed by atoms with E-state index < -0.39 is 0 Å². The van der Waals surface area contributed by atoms with Crippen molar-refractivity contribution in [2.24, 2.45) is 27.6 Å². The molecule has 3 aliphatic carbocycles. The molecule has 5 heteroatoms. The summed E-state index contributed by atoms with van der Waals surface area (Å²) in [4.78, 5) is 12.5. The van der Waals surface area contributed by atoms with Gasteiger partial charge in [-0.15, -0.1) is 5.11 Å². The molecule has 5 nitrogen and oxygen atoms in total. The molecule has 1 aromatic carbocycles. The molecule has 4 atom stereocenters. The smallest absolute Gasteiger partial charge is 0.139 e. The van der Waals surface area contributed by atoms with Crippen LogP contribution in [0.25, 0.3) is 0 Å². The van der Waals surface area contributed by atoms with Crippen LogP contribution >= 0.6 is 0 Å². The first-order valence-electron chi connectivity index (χ1n) is 9.83. The monoisotopic (exact) mass is 355 g/mol. The molecule has 0 heterocycles. The van der Waals surface area contributed by atoms with Gasteiger partial charge in [0, 0.05) is 31.5 Å². The zero-order chi connectivity index (χ0) is 18.5. The quantitative estimate of drug-likeness (QED) is 0.654. The number of ketones is 1. The van der Waals surface area contributed by atoms with E-state index in [9.17, 15) is 9.90 Å². The number of hydrogen-bond donors (Lipinski definition) is 1. The number of fused-ring (bicyclic) bond motifs is 5. The molecule has 0 radical (unpaired) electrons. The Labute approximate surface area is 155 Å². The van der Waals surface area contributed by atoms with Crippen molar-refractivity contribution in [3.63, 3.8) is 0 Å². The number of carbonyl (C=O) groups excluding carboxylic acids is 1. The summed E-state index contributed by atoms with van der Waals surface area (Å²) >= 11 is 0. The minimum absolute atomic E-state index is 0.0155. The van der Waals surface area contributed by atoms with E-state index >= 15 is 0 Å². The topological polar surface area (TPSA) is 65.3 Å². The fourth-order valence-corrected chi connectivity index (χ4v) is 5.86. The second kappa shape index (κ2) is 6.45. The summed E-state index contributed by atoms with van der Waals surface area (Å²) in [6.45, 7) is 2.20. The van der Waals surface area contributed by atoms with E-state index in [1.165, 1.54) is 11.1 Å². The molecule has 26 heavy (non-hydrogen) atoms. The molecule has 140 valence electrons. The number of aliphatic hydroxyl groups is 1. The highest BCUT2D eigenvalue weighted by Gasteiger charge is 2.54. The van der Waals surface area contributed by atoms with E-state index in [-0.39, 0.29) is 12.0 Å². The second-order valence-electron chi connectivity index (χ2n) is 8.67. The average molecular weight is 355 g/mol. The molecule has 0 aromatic heterocycles. The van der Waals surface area contributed by atoms with E-state index in [0.717, 1.165) is 49.8 Å².